The first kappa shape index (κ1) is 12.4. The summed E-state index contributed by atoms with van der Waals surface area (Å²) in [6, 6.07) is 5.85. The predicted molar refractivity (Wildman–Crippen MR) is 70.6 cm³/mol. The number of nitrogens with zero attached hydrogens (tertiary/aromatic N) is 3. The predicted octanol–water partition coefficient (Wildman–Crippen LogP) is 1.50. The quantitative estimate of drug-likeness (QED) is 0.830. The molecule has 5 nitrogen and oxygen atoms in total. The lowest BCUT2D eigenvalue weighted by atomic mass is 10.1. The van der Waals surface area contributed by atoms with E-state index < -0.39 is 0 Å². The van der Waals surface area contributed by atoms with E-state index in [0.717, 1.165) is 24.5 Å². The molecule has 0 bridgehead atoms. The number of rotatable bonds is 4. The Bertz CT molecular complexity index is 528. The lowest BCUT2D eigenvalue weighted by Gasteiger charge is -2.06. The molecular formula is C13H18N4O. The molecule has 0 aliphatic rings. The molecule has 0 aliphatic carbocycles. The van der Waals surface area contributed by atoms with Gasteiger partial charge < -0.3 is 10.5 Å². The van der Waals surface area contributed by atoms with E-state index in [2.05, 4.69) is 10.1 Å². The molecule has 0 saturated heterocycles. The lowest BCUT2D eigenvalue weighted by Crippen LogP contribution is -1.98. The fraction of sp³-hybridized carbons (Fsp3) is 0.385. The first-order valence-corrected chi connectivity index (χ1v) is 5.89. The van der Waals surface area contributed by atoms with Gasteiger partial charge in [-0.3, -0.25) is 4.68 Å². The van der Waals surface area contributed by atoms with Gasteiger partial charge in [0.2, 0.25) is 0 Å². The highest BCUT2D eigenvalue weighted by Gasteiger charge is 2.05. The van der Waals surface area contributed by atoms with Gasteiger partial charge in [0.05, 0.1) is 12.8 Å². The van der Waals surface area contributed by atoms with Crippen LogP contribution in [0.3, 0.4) is 0 Å². The van der Waals surface area contributed by atoms with Crippen molar-refractivity contribution in [3.05, 3.63) is 35.4 Å². The molecule has 0 aliphatic heterocycles. The third kappa shape index (κ3) is 2.61. The highest BCUT2D eigenvalue weighted by atomic mass is 16.5. The van der Waals surface area contributed by atoms with Crippen LogP contribution >= 0.6 is 0 Å². The number of aromatic nitrogens is 3. The van der Waals surface area contributed by atoms with Crippen LogP contribution < -0.4 is 10.5 Å². The Kier molecular flexibility index (Phi) is 3.50. The van der Waals surface area contributed by atoms with E-state index in [4.69, 9.17) is 10.5 Å². The van der Waals surface area contributed by atoms with Crippen molar-refractivity contribution in [1.82, 2.24) is 14.8 Å². The molecule has 18 heavy (non-hydrogen) atoms. The number of ether oxygens (including phenoxy) is 1. The Morgan fingerprint density at radius 3 is 2.67 bits per heavy atom. The van der Waals surface area contributed by atoms with Gasteiger partial charge in [-0.1, -0.05) is 6.07 Å². The largest absolute Gasteiger partial charge is 0.495 e. The summed E-state index contributed by atoms with van der Waals surface area (Å²) in [6.45, 7) is 1.95. The minimum Gasteiger partial charge on any atom is -0.495 e. The molecule has 0 atom stereocenters. The summed E-state index contributed by atoms with van der Waals surface area (Å²) in [4.78, 5) is 4.38. The van der Waals surface area contributed by atoms with Gasteiger partial charge in [0.25, 0.3) is 0 Å². The van der Waals surface area contributed by atoms with Crippen LogP contribution in [0.25, 0.3) is 0 Å². The van der Waals surface area contributed by atoms with Crippen LogP contribution in [0.15, 0.2) is 18.2 Å². The topological polar surface area (TPSA) is 66.0 Å². The van der Waals surface area contributed by atoms with E-state index in [1.54, 1.807) is 11.8 Å². The van der Waals surface area contributed by atoms with Gasteiger partial charge in [-0.15, -0.1) is 0 Å². The highest BCUT2D eigenvalue weighted by molar-refractivity contribution is 5.54. The molecule has 5 heteroatoms. The zero-order chi connectivity index (χ0) is 13.1. The first-order valence-electron chi connectivity index (χ1n) is 5.89. The monoisotopic (exact) mass is 246 g/mol. The average molecular weight is 246 g/mol. The van der Waals surface area contributed by atoms with Crippen LogP contribution in [-0.2, 0) is 19.9 Å². The zero-order valence-electron chi connectivity index (χ0n) is 11.0. The van der Waals surface area contributed by atoms with Crippen LogP contribution in [0.1, 0.15) is 17.2 Å². The van der Waals surface area contributed by atoms with E-state index >= 15 is 0 Å². The number of anilines is 1. The van der Waals surface area contributed by atoms with Crippen molar-refractivity contribution in [2.24, 2.45) is 7.05 Å². The molecule has 96 valence electrons. The van der Waals surface area contributed by atoms with Crippen LogP contribution in [0.4, 0.5) is 5.69 Å². The molecule has 2 N–H and O–H groups in total. The Labute approximate surface area is 107 Å². The van der Waals surface area contributed by atoms with E-state index in [9.17, 15) is 0 Å². The molecule has 1 heterocycles. The molecule has 0 unspecified atom stereocenters. The summed E-state index contributed by atoms with van der Waals surface area (Å²) < 4.78 is 6.92. The third-order valence-electron chi connectivity index (χ3n) is 2.96. The summed E-state index contributed by atoms with van der Waals surface area (Å²) in [5, 5.41) is 4.33. The van der Waals surface area contributed by atoms with Gasteiger partial charge in [0, 0.05) is 13.5 Å². The molecule has 0 amide bonds. The fourth-order valence-corrected chi connectivity index (χ4v) is 1.83. The van der Waals surface area contributed by atoms with Gasteiger partial charge in [-0.05, 0) is 31.0 Å². The van der Waals surface area contributed by atoms with Gasteiger partial charge in [0.15, 0.2) is 5.82 Å². The van der Waals surface area contributed by atoms with Crippen LogP contribution in [-0.4, -0.2) is 21.9 Å². The maximum absolute atomic E-state index is 5.87. The molecule has 1 aromatic carbocycles. The molecule has 2 rings (SSSR count). The van der Waals surface area contributed by atoms with E-state index in [1.165, 1.54) is 5.56 Å². The fourth-order valence-electron chi connectivity index (χ4n) is 1.83. The number of hydrogen-bond acceptors (Lipinski definition) is 4. The number of nitrogen functional groups attached to an aromatic ring is 1. The second-order valence-electron chi connectivity index (χ2n) is 4.28. The van der Waals surface area contributed by atoms with Crippen molar-refractivity contribution in [2.45, 2.75) is 19.8 Å². The Hall–Kier alpha value is -2.04. The Morgan fingerprint density at radius 2 is 2.11 bits per heavy atom. The lowest BCUT2D eigenvalue weighted by molar-refractivity contribution is 0.417. The normalized spacial score (nSPS) is 10.6. The number of aryl methyl sites for hydroxylation is 4. The molecule has 2 aromatic rings. The molecule has 0 saturated carbocycles. The minimum absolute atomic E-state index is 0.667. The zero-order valence-corrected chi connectivity index (χ0v) is 11.0. The van der Waals surface area contributed by atoms with Gasteiger partial charge >= 0.3 is 0 Å². The number of nitrogens with two attached hydrogens (primary N) is 1. The summed E-state index contributed by atoms with van der Waals surface area (Å²) in [7, 11) is 3.52. The van der Waals surface area contributed by atoms with Gasteiger partial charge in [-0.25, -0.2) is 4.98 Å². The second kappa shape index (κ2) is 5.08. The SMILES string of the molecule is COc1ccc(CCc2nc(C)n(C)n2)cc1N. The van der Waals surface area contributed by atoms with Crippen LogP contribution in [0, 0.1) is 6.92 Å². The molecule has 1 aromatic heterocycles. The van der Waals surface area contributed by atoms with Gasteiger partial charge in [-0.2, -0.15) is 5.10 Å². The third-order valence-corrected chi connectivity index (χ3v) is 2.96. The molecular weight excluding hydrogens is 228 g/mol. The molecule has 0 radical (unpaired) electrons. The van der Waals surface area contributed by atoms with E-state index in [1.807, 2.05) is 32.2 Å². The maximum Gasteiger partial charge on any atom is 0.151 e. The summed E-state index contributed by atoms with van der Waals surface area (Å²) >= 11 is 0. The first-order chi connectivity index (χ1) is 8.60. The number of benzene rings is 1. The van der Waals surface area contributed by atoms with Gasteiger partial charge in [0.1, 0.15) is 11.6 Å². The number of hydrogen-bond donors (Lipinski definition) is 1. The van der Waals surface area contributed by atoms with E-state index in [0.29, 0.717) is 11.4 Å². The van der Waals surface area contributed by atoms with Crippen molar-refractivity contribution >= 4 is 5.69 Å². The maximum atomic E-state index is 5.87. The molecule has 0 fully saturated rings. The van der Waals surface area contributed by atoms with Crippen molar-refractivity contribution in [2.75, 3.05) is 12.8 Å². The summed E-state index contributed by atoms with van der Waals surface area (Å²) in [6.07, 6.45) is 1.69. The molecule has 0 spiro atoms. The van der Waals surface area contributed by atoms with Crippen LogP contribution in [0.5, 0.6) is 5.75 Å². The van der Waals surface area contributed by atoms with Crippen molar-refractivity contribution in [3.8, 4) is 5.75 Å². The van der Waals surface area contributed by atoms with E-state index in [-0.39, 0.29) is 0 Å². The standard InChI is InChI=1S/C13H18N4O/c1-9-15-13(16-17(9)2)7-5-10-4-6-12(18-3)11(14)8-10/h4,6,8H,5,7,14H2,1-3H3. The van der Waals surface area contributed by atoms with Crippen LogP contribution in [0.2, 0.25) is 0 Å². The highest BCUT2D eigenvalue weighted by Crippen LogP contribution is 2.22. The second-order valence-corrected chi connectivity index (χ2v) is 4.28. The minimum atomic E-state index is 0.667. The van der Waals surface area contributed by atoms with Crippen molar-refractivity contribution in [1.29, 1.82) is 0 Å². The van der Waals surface area contributed by atoms with Crippen molar-refractivity contribution < 1.29 is 4.74 Å². The Morgan fingerprint density at radius 1 is 1.33 bits per heavy atom. The van der Waals surface area contributed by atoms with Crippen molar-refractivity contribution in [3.63, 3.8) is 0 Å². The summed E-state index contributed by atoms with van der Waals surface area (Å²) in [5.41, 5.74) is 7.70. The smallest absolute Gasteiger partial charge is 0.151 e. The number of methoxy groups -OCH3 is 1. The summed E-state index contributed by atoms with van der Waals surface area (Å²) in [5.74, 6) is 2.51. The average Bonchev–Trinajstić information content (AvgIpc) is 2.66. The Balaban J connectivity index is 2.04.